The van der Waals surface area contributed by atoms with E-state index in [2.05, 4.69) is 17.5 Å². The molecule has 0 amide bonds. The van der Waals surface area contributed by atoms with Crippen LogP contribution < -0.4 is 11.2 Å². The second-order valence-corrected chi connectivity index (χ2v) is 7.25. The van der Waals surface area contributed by atoms with Crippen molar-refractivity contribution in [3.05, 3.63) is 0 Å². The molecule has 0 aromatic heterocycles. The SMILES string of the molecule is C[C@@H]1[C@@H]2CCC[C@@H](C2=NNC(N)=S)[C@@]2(O)CCCC[C@H]12. The molecule has 3 fully saturated rings. The molecule has 112 valence electrons. The minimum atomic E-state index is -0.550. The zero-order chi connectivity index (χ0) is 14.3. The molecular formula is C15H25N3OS. The smallest absolute Gasteiger partial charge is 0.184 e. The highest BCUT2D eigenvalue weighted by Crippen LogP contribution is 2.55. The summed E-state index contributed by atoms with van der Waals surface area (Å²) in [6, 6.07) is 0. The molecule has 3 rings (SSSR count). The number of fused-ring (bicyclic) bond motifs is 4. The third kappa shape index (κ3) is 2.15. The number of nitrogens with one attached hydrogen (secondary N) is 1. The first kappa shape index (κ1) is 14.3. The fourth-order valence-electron chi connectivity index (χ4n) is 5.05. The normalized spacial score (nSPS) is 45.8. The van der Waals surface area contributed by atoms with E-state index in [1.54, 1.807) is 0 Å². The van der Waals surface area contributed by atoms with Gasteiger partial charge >= 0.3 is 0 Å². The van der Waals surface area contributed by atoms with E-state index in [1.165, 1.54) is 25.7 Å². The van der Waals surface area contributed by atoms with Crippen molar-refractivity contribution < 1.29 is 5.11 Å². The molecule has 0 unspecified atom stereocenters. The molecule has 5 atom stereocenters. The Morgan fingerprint density at radius 2 is 2.15 bits per heavy atom. The van der Waals surface area contributed by atoms with Crippen molar-refractivity contribution in [1.82, 2.24) is 5.43 Å². The Balaban J connectivity index is 1.96. The maximum absolute atomic E-state index is 11.3. The monoisotopic (exact) mass is 295 g/mol. The van der Waals surface area contributed by atoms with E-state index in [-0.39, 0.29) is 11.0 Å². The van der Waals surface area contributed by atoms with Crippen molar-refractivity contribution in [2.24, 2.45) is 34.5 Å². The second-order valence-electron chi connectivity index (χ2n) is 6.81. The topological polar surface area (TPSA) is 70.6 Å². The van der Waals surface area contributed by atoms with Crippen LogP contribution in [0.25, 0.3) is 0 Å². The third-order valence-electron chi connectivity index (χ3n) is 5.90. The lowest BCUT2D eigenvalue weighted by atomic mass is 9.51. The fourth-order valence-corrected chi connectivity index (χ4v) is 5.10. The number of thiocarbonyl (C=S) groups is 1. The quantitative estimate of drug-likeness (QED) is 0.512. The van der Waals surface area contributed by atoms with Gasteiger partial charge in [-0.3, -0.25) is 5.43 Å². The average molecular weight is 295 g/mol. The Morgan fingerprint density at radius 1 is 1.35 bits per heavy atom. The van der Waals surface area contributed by atoms with Gasteiger partial charge in [0.25, 0.3) is 0 Å². The van der Waals surface area contributed by atoms with Crippen molar-refractivity contribution in [1.29, 1.82) is 0 Å². The molecule has 3 aliphatic carbocycles. The van der Waals surface area contributed by atoms with Crippen molar-refractivity contribution >= 4 is 23.0 Å². The van der Waals surface area contributed by atoms with Crippen molar-refractivity contribution in [2.45, 2.75) is 57.5 Å². The minimum absolute atomic E-state index is 0.199. The van der Waals surface area contributed by atoms with Gasteiger partial charge in [-0.15, -0.1) is 0 Å². The largest absolute Gasteiger partial charge is 0.389 e. The highest BCUT2D eigenvalue weighted by Gasteiger charge is 2.57. The summed E-state index contributed by atoms with van der Waals surface area (Å²) in [7, 11) is 0. The van der Waals surface area contributed by atoms with Gasteiger partial charge in [0.05, 0.1) is 5.60 Å². The molecule has 0 aromatic carbocycles. The van der Waals surface area contributed by atoms with Crippen LogP contribution in [0.3, 0.4) is 0 Å². The van der Waals surface area contributed by atoms with Gasteiger partial charge in [-0.25, -0.2) is 0 Å². The standard InChI is InChI=1S/C15H25N3OS/c1-9-10-5-4-7-12(13(10)17-18-14(16)20)15(19)8-3-2-6-11(9)15/h9-12,19H,2-8H2,1H3,(H3,16,18,20)/t9-,10+,11-,12+,15-/m1/s1. The van der Waals surface area contributed by atoms with E-state index in [4.69, 9.17) is 18.0 Å². The number of nitrogens with two attached hydrogens (primary N) is 1. The van der Waals surface area contributed by atoms with Gasteiger partial charge < -0.3 is 10.8 Å². The van der Waals surface area contributed by atoms with Crippen LogP contribution in [0.1, 0.15) is 51.9 Å². The van der Waals surface area contributed by atoms with Gasteiger partial charge in [-0.2, -0.15) is 5.10 Å². The van der Waals surface area contributed by atoms with E-state index in [0.717, 1.165) is 25.0 Å². The molecule has 4 N–H and O–H groups in total. The minimum Gasteiger partial charge on any atom is -0.389 e. The van der Waals surface area contributed by atoms with Gasteiger partial charge in [0, 0.05) is 17.5 Å². The molecule has 20 heavy (non-hydrogen) atoms. The van der Waals surface area contributed by atoms with E-state index < -0.39 is 5.60 Å². The molecule has 0 radical (unpaired) electrons. The lowest BCUT2D eigenvalue weighted by Gasteiger charge is -2.57. The molecule has 0 aliphatic heterocycles. The van der Waals surface area contributed by atoms with Gasteiger partial charge in [-0.1, -0.05) is 26.2 Å². The first-order valence-electron chi connectivity index (χ1n) is 7.89. The maximum Gasteiger partial charge on any atom is 0.184 e. The summed E-state index contributed by atoms with van der Waals surface area (Å²) >= 11 is 4.86. The van der Waals surface area contributed by atoms with Gasteiger partial charge in [0.15, 0.2) is 5.11 Å². The molecule has 0 saturated heterocycles. The van der Waals surface area contributed by atoms with Crippen LogP contribution in [0.15, 0.2) is 5.10 Å². The highest BCUT2D eigenvalue weighted by molar-refractivity contribution is 7.80. The lowest BCUT2D eigenvalue weighted by Crippen LogP contribution is -2.61. The second kappa shape index (κ2) is 5.26. The van der Waals surface area contributed by atoms with Crippen molar-refractivity contribution in [3.8, 4) is 0 Å². The van der Waals surface area contributed by atoms with E-state index in [0.29, 0.717) is 17.8 Å². The Bertz CT molecular complexity index is 439. The highest BCUT2D eigenvalue weighted by atomic mass is 32.1. The Kier molecular flexibility index (Phi) is 3.75. The van der Waals surface area contributed by atoms with E-state index >= 15 is 0 Å². The van der Waals surface area contributed by atoms with Crippen LogP contribution in [0.5, 0.6) is 0 Å². The van der Waals surface area contributed by atoms with Crippen LogP contribution in [-0.4, -0.2) is 21.5 Å². The number of nitrogens with zero attached hydrogens (tertiary/aromatic N) is 1. The molecule has 3 saturated carbocycles. The Labute approximate surface area is 126 Å². The average Bonchev–Trinajstić information content (AvgIpc) is 2.43. The molecule has 2 bridgehead atoms. The first-order chi connectivity index (χ1) is 9.54. The first-order valence-corrected chi connectivity index (χ1v) is 8.30. The Morgan fingerprint density at radius 3 is 2.90 bits per heavy atom. The zero-order valence-corrected chi connectivity index (χ0v) is 13.0. The fraction of sp³-hybridized carbons (Fsp3) is 0.867. The molecule has 0 spiro atoms. The predicted octanol–water partition coefficient (Wildman–Crippen LogP) is 2.16. The van der Waals surface area contributed by atoms with E-state index in [9.17, 15) is 5.11 Å². The molecule has 4 nitrogen and oxygen atoms in total. The van der Waals surface area contributed by atoms with Crippen LogP contribution in [0, 0.1) is 23.7 Å². The van der Waals surface area contributed by atoms with E-state index in [1.807, 2.05) is 0 Å². The number of hydrogen-bond donors (Lipinski definition) is 3. The van der Waals surface area contributed by atoms with Gasteiger partial charge in [0.1, 0.15) is 0 Å². The summed E-state index contributed by atoms with van der Waals surface area (Å²) < 4.78 is 0. The van der Waals surface area contributed by atoms with Crippen molar-refractivity contribution in [2.75, 3.05) is 0 Å². The summed E-state index contributed by atoms with van der Waals surface area (Å²) in [6.07, 6.45) is 7.91. The molecule has 5 heteroatoms. The third-order valence-corrected chi connectivity index (χ3v) is 5.99. The summed E-state index contributed by atoms with van der Waals surface area (Å²) in [5.74, 6) is 1.63. The Hall–Kier alpha value is -0.680. The summed E-state index contributed by atoms with van der Waals surface area (Å²) in [6.45, 7) is 2.30. The summed E-state index contributed by atoms with van der Waals surface area (Å²) in [5.41, 5.74) is 8.85. The summed E-state index contributed by atoms with van der Waals surface area (Å²) in [5, 5.41) is 16.0. The lowest BCUT2D eigenvalue weighted by molar-refractivity contribution is -0.122. The molecule has 3 aliphatic rings. The number of aliphatic hydroxyl groups is 1. The molecule has 0 heterocycles. The van der Waals surface area contributed by atoms with Gasteiger partial charge in [-0.05, 0) is 49.7 Å². The van der Waals surface area contributed by atoms with Crippen LogP contribution in [0.2, 0.25) is 0 Å². The van der Waals surface area contributed by atoms with Gasteiger partial charge in [0.2, 0.25) is 0 Å². The number of hydrazone groups is 1. The summed E-state index contributed by atoms with van der Waals surface area (Å²) in [4.78, 5) is 0. The van der Waals surface area contributed by atoms with Crippen LogP contribution in [0.4, 0.5) is 0 Å². The predicted molar refractivity (Wildman–Crippen MR) is 84.3 cm³/mol. The number of rotatable bonds is 1. The van der Waals surface area contributed by atoms with Crippen LogP contribution >= 0.6 is 12.2 Å². The van der Waals surface area contributed by atoms with Crippen molar-refractivity contribution in [3.63, 3.8) is 0 Å². The zero-order valence-electron chi connectivity index (χ0n) is 12.1. The maximum atomic E-state index is 11.3. The number of hydrogen-bond acceptors (Lipinski definition) is 3. The van der Waals surface area contributed by atoms with Crippen LogP contribution in [-0.2, 0) is 0 Å². The molecular weight excluding hydrogens is 270 g/mol. The molecule has 0 aromatic rings.